The summed E-state index contributed by atoms with van der Waals surface area (Å²) < 4.78 is 0. The highest BCUT2D eigenvalue weighted by atomic mass is 16.2. The molecule has 1 amide bonds. The first kappa shape index (κ1) is 21.1. The lowest BCUT2D eigenvalue weighted by atomic mass is 9.65. The average Bonchev–Trinajstić information content (AvgIpc) is 3.13. The molecule has 0 atom stereocenters. The van der Waals surface area contributed by atoms with Gasteiger partial charge in [0.05, 0.1) is 28.7 Å². The van der Waals surface area contributed by atoms with Gasteiger partial charge in [-0.15, -0.1) is 0 Å². The fourth-order valence-corrected chi connectivity index (χ4v) is 4.75. The van der Waals surface area contributed by atoms with E-state index in [9.17, 15) is 9.59 Å². The summed E-state index contributed by atoms with van der Waals surface area (Å²) in [7, 11) is 0. The van der Waals surface area contributed by atoms with E-state index in [4.69, 9.17) is 10.5 Å². The number of rotatable bonds is 2. The summed E-state index contributed by atoms with van der Waals surface area (Å²) in [4.78, 5) is 26.9. The Balaban J connectivity index is 1.63. The van der Waals surface area contributed by atoms with E-state index >= 15 is 0 Å². The largest absolute Gasteiger partial charge is 0.325 e. The quantitative estimate of drug-likeness (QED) is 0.557. The summed E-state index contributed by atoms with van der Waals surface area (Å²) in [6.07, 6.45) is 4.20. The zero-order valence-corrected chi connectivity index (χ0v) is 18.2. The normalized spacial score (nSPS) is 21.2. The molecule has 5 rings (SSSR count). The Kier molecular flexibility index (Phi) is 5.17. The van der Waals surface area contributed by atoms with Crippen molar-refractivity contribution in [3.63, 3.8) is 0 Å². The highest BCUT2D eigenvalue weighted by Crippen LogP contribution is 2.50. The minimum atomic E-state index is -0.874. The number of hydrogen-bond donors (Lipinski definition) is 1. The van der Waals surface area contributed by atoms with Gasteiger partial charge in [0.2, 0.25) is 5.91 Å². The van der Waals surface area contributed by atoms with Crippen LogP contribution in [0.25, 0.3) is 12.2 Å². The molecule has 5 nitrogen and oxygen atoms in total. The van der Waals surface area contributed by atoms with Gasteiger partial charge in [0.1, 0.15) is 0 Å². The van der Waals surface area contributed by atoms with Gasteiger partial charge in [-0.1, -0.05) is 42.5 Å². The van der Waals surface area contributed by atoms with Crippen LogP contribution in [0.5, 0.6) is 0 Å². The molecule has 1 heterocycles. The topological polar surface area (TPSA) is 93.8 Å². The van der Waals surface area contributed by atoms with E-state index in [1.165, 1.54) is 0 Å². The fraction of sp³-hybridized carbons (Fsp3) is 0.103. The molecule has 1 saturated carbocycles. The molecule has 0 bridgehead atoms. The maximum absolute atomic E-state index is 13.6. The number of carbonyl (C=O) groups excluding carboxylic acids is 2. The van der Waals surface area contributed by atoms with E-state index in [1.807, 2.05) is 36.4 Å². The number of amides is 1. The summed E-state index contributed by atoms with van der Waals surface area (Å²) in [6, 6.07) is 25.8. The van der Waals surface area contributed by atoms with Crippen LogP contribution in [-0.2, 0) is 15.0 Å². The van der Waals surface area contributed by atoms with Gasteiger partial charge in [-0.05, 0) is 72.0 Å². The monoisotopic (exact) mass is 441 g/mol. The van der Waals surface area contributed by atoms with Crippen molar-refractivity contribution >= 4 is 29.5 Å². The second-order valence-corrected chi connectivity index (χ2v) is 8.57. The van der Waals surface area contributed by atoms with Gasteiger partial charge in [-0.25, -0.2) is 0 Å². The van der Waals surface area contributed by atoms with Gasteiger partial charge < -0.3 is 5.32 Å². The molecule has 2 aliphatic rings. The van der Waals surface area contributed by atoms with Crippen molar-refractivity contribution in [2.24, 2.45) is 0 Å². The van der Waals surface area contributed by atoms with E-state index in [-0.39, 0.29) is 11.7 Å². The molecule has 1 aliphatic heterocycles. The molecule has 0 radical (unpaired) electrons. The molecule has 5 heteroatoms. The summed E-state index contributed by atoms with van der Waals surface area (Å²) in [6.45, 7) is 0. The summed E-state index contributed by atoms with van der Waals surface area (Å²) in [5.41, 5.74) is 4.55. The predicted octanol–water partition coefficient (Wildman–Crippen LogP) is 5.15. The Morgan fingerprint density at radius 2 is 1.24 bits per heavy atom. The molecule has 1 N–H and O–H groups in total. The number of Topliss-reactive ketones (excluding diaryl/α,β-unsaturated/α-hetero) is 1. The number of ketones is 1. The minimum absolute atomic E-state index is 0.100. The van der Waals surface area contributed by atoms with Crippen LogP contribution < -0.4 is 5.32 Å². The number of allylic oxidation sites excluding steroid dienone is 2. The lowest BCUT2D eigenvalue weighted by Gasteiger charge is -2.34. The minimum Gasteiger partial charge on any atom is -0.325 e. The van der Waals surface area contributed by atoms with Gasteiger partial charge in [-0.3, -0.25) is 9.59 Å². The first-order chi connectivity index (χ1) is 16.5. The van der Waals surface area contributed by atoms with Crippen molar-refractivity contribution in [3.05, 3.63) is 112 Å². The fourth-order valence-electron chi connectivity index (χ4n) is 4.75. The Morgan fingerprint density at radius 3 is 1.74 bits per heavy atom. The van der Waals surface area contributed by atoms with Crippen molar-refractivity contribution < 1.29 is 9.59 Å². The van der Waals surface area contributed by atoms with Gasteiger partial charge >= 0.3 is 0 Å². The molecule has 0 saturated heterocycles. The molecule has 34 heavy (non-hydrogen) atoms. The van der Waals surface area contributed by atoms with Crippen LogP contribution >= 0.6 is 0 Å². The predicted molar refractivity (Wildman–Crippen MR) is 129 cm³/mol. The van der Waals surface area contributed by atoms with Gasteiger partial charge in [0.25, 0.3) is 0 Å². The van der Waals surface area contributed by atoms with Crippen molar-refractivity contribution in [1.29, 1.82) is 10.5 Å². The standard InChI is InChI=1S/C29H19N3O2/c30-17-21-9-5-19(6-10-21)13-23-15-29(25-3-1-2-4-26(25)32-28(29)34)16-24(27(23)33)14-20-7-11-22(18-31)12-8-20/h1-14H,15-16H2,(H,32,34). The zero-order valence-electron chi connectivity index (χ0n) is 18.2. The van der Waals surface area contributed by atoms with Crippen molar-refractivity contribution in [2.45, 2.75) is 18.3 Å². The molecule has 1 aliphatic carbocycles. The van der Waals surface area contributed by atoms with Crippen LogP contribution in [0.4, 0.5) is 5.69 Å². The number of anilines is 1. The number of nitrogens with one attached hydrogen (secondary N) is 1. The smallest absolute Gasteiger partial charge is 0.235 e. The van der Waals surface area contributed by atoms with E-state index in [0.29, 0.717) is 35.1 Å². The van der Waals surface area contributed by atoms with Crippen molar-refractivity contribution in [1.82, 2.24) is 0 Å². The Hall–Kier alpha value is -4.74. The summed E-state index contributed by atoms with van der Waals surface area (Å²) in [5, 5.41) is 21.1. The molecule has 0 unspecified atom stereocenters. The first-order valence-corrected chi connectivity index (χ1v) is 10.9. The Labute approximate surface area is 197 Å². The van der Waals surface area contributed by atoms with E-state index in [1.54, 1.807) is 48.5 Å². The van der Waals surface area contributed by atoms with E-state index < -0.39 is 5.41 Å². The number of benzene rings is 3. The third-order valence-corrected chi connectivity index (χ3v) is 6.45. The van der Waals surface area contributed by atoms with Crippen LogP contribution in [0.15, 0.2) is 83.9 Å². The van der Waals surface area contributed by atoms with Crippen LogP contribution in [0.1, 0.15) is 40.7 Å². The van der Waals surface area contributed by atoms with Crippen molar-refractivity contribution in [2.75, 3.05) is 5.32 Å². The molecular weight excluding hydrogens is 422 g/mol. The summed E-state index contributed by atoms with van der Waals surface area (Å²) >= 11 is 0. The number of nitrogens with zero attached hydrogens (tertiary/aromatic N) is 2. The molecule has 0 aromatic heterocycles. The second kappa shape index (κ2) is 8.31. The number of fused-ring (bicyclic) bond motifs is 2. The average molecular weight is 441 g/mol. The number of nitriles is 2. The maximum Gasteiger partial charge on any atom is 0.235 e. The highest BCUT2D eigenvalue weighted by Gasteiger charge is 2.51. The van der Waals surface area contributed by atoms with E-state index in [0.717, 1.165) is 22.4 Å². The first-order valence-electron chi connectivity index (χ1n) is 10.9. The Bertz CT molecular complexity index is 1380. The Morgan fingerprint density at radius 1 is 0.735 bits per heavy atom. The maximum atomic E-state index is 13.6. The van der Waals surface area contributed by atoms with Gasteiger partial charge in [-0.2, -0.15) is 10.5 Å². The van der Waals surface area contributed by atoms with Crippen LogP contribution in [-0.4, -0.2) is 11.7 Å². The SMILES string of the molecule is N#Cc1ccc(C=C2CC3(CC(=Cc4ccc(C#N)cc4)C2=O)C(=O)Nc2ccccc23)cc1. The molecule has 1 fully saturated rings. The molecule has 3 aromatic rings. The number of hydrogen-bond acceptors (Lipinski definition) is 4. The van der Waals surface area contributed by atoms with Crippen molar-refractivity contribution in [3.8, 4) is 12.1 Å². The van der Waals surface area contributed by atoms with Gasteiger partial charge in [0.15, 0.2) is 5.78 Å². The molecular formula is C29H19N3O2. The van der Waals surface area contributed by atoms with E-state index in [2.05, 4.69) is 17.5 Å². The third-order valence-electron chi connectivity index (χ3n) is 6.45. The van der Waals surface area contributed by atoms with Crippen LogP contribution in [0.2, 0.25) is 0 Å². The lowest BCUT2D eigenvalue weighted by molar-refractivity contribution is -0.122. The lowest BCUT2D eigenvalue weighted by Crippen LogP contribution is -2.40. The zero-order chi connectivity index (χ0) is 23.7. The third kappa shape index (κ3) is 3.60. The van der Waals surface area contributed by atoms with Crippen LogP contribution in [0.3, 0.4) is 0 Å². The second-order valence-electron chi connectivity index (χ2n) is 8.57. The summed E-state index contributed by atoms with van der Waals surface area (Å²) in [5.74, 6) is -0.214. The number of para-hydroxylation sites is 1. The van der Waals surface area contributed by atoms with Crippen LogP contribution in [0, 0.1) is 22.7 Å². The molecule has 1 spiro atoms. The van der Waals surface area contributed by atoms with Gasteiger partial charge in [0, 0.05) is 16.8 Å². The molecule has 162 valence electrons. The highest BCUT2D eigenvalue weighted by molar-refractivity contribution is 6.18. The number of carbonyl (C=O) groups is 2. The molecule has 3 aromatic carbocycles.